The highest BCUT2D eigenvalue weighted by Gasteiger charge is 2.07. The summed E-state index contributed by atoms with van der Waals surface area (Å²) >= 11 is 0. The van der Waals surface area contributed by atoms with Crippen LogP contribution in [0, 0.1) is 6.92 Å². The van der Waals surface area contributed by atoms with Crippen LogP contribution in [-0.4, -0.2) is 17.2 Å². The topological polar surface area (TPSA) is 60.2 Å². The van der Waals surface area contributed by atoms with Crippen LogP contribution in [-0.2, 0) is 19.6 Å². The zero-order valence-electron chi connectivity index (χ0n) is 11.6. The highest BCUT2D eigenvalue weighted by Crippen LogP contribution is 2.19. The van der Waals surface area contributed by atoms with E-state index in [-0.39, 0.29) is 0 Å². The van der Waals surface area contributed by atoms with E-state index in [2.05, 4.69) is 22.4 Å². The Hall–Kier alpha value is -1.88. The Morgan fingerprint density at radius 2 is 2.21 bits per heavy atom. The van der Waals surface area contributed by atoms with Crippen LogP contribution < -0.4 is 10.1 Å². The highest BCUT2D eigenvalue weighted by molar-refractivity contribution is 5.29. The van der Waals surface area contributed by atoms with Gasteiger partial charge in [-0.05, 0) is 32.5 Å². The average Bonchev–Trinajstić information content (AvgIpc) is 2.85. The molecule has 0 aromatic carbocycles. The molecule has 0 radical (unpaired) electrons. The molecule has 0 bridgehead atoms. The molecule has 2 aromatic rings. The summed E-state index contributed by atoms with van der Waals surface area (Å²) < 4.78 is 10.9. The Labute approximate surface area is 113 Å². The van der Waals surface area contributed by atoms with Gasteiger partial charge in [-0.1, -0.05) is 12.1 Å². The predicted molar refractivity (Wildman–Crippen MR) is 72.0 cm³/mol. The quantitative estimate of drug-likeness (QED) is 0.864. The lowest BCUT2D eigenvalue weighted by atomic mass is 10.2. The summed E-state index contributed by atoms with van der Waals surface area (Å²) in [6.07, 6.45) is 0.846. The number of hydrogen-bond acceptors (Lipinski definition) is 5. The number of nitrogens with zero attached hydrogens (tertiary/aromatic N) is 2. The Morgan fingerprint density at radius 3 is 2.95 bits per heavy atom. The smallest absolute Gasteiger partial charge is 0.174 e. The number of pyridine rings is 1. The Kier molecular flexibility index (Phi) is 4.52. The summed E-state index contributed by atoms with van der Waals surface area (Å²) in [5.41, 5.74) is 2.84. The van der Waals surface area contributed by atoms with Crippen molar-refractivity contribution in [3.8, 4) is 5.75 Å². The number of ether oxygens (including phenoxy) is 1. The predicted octanol–water partition coefficient (Wildman–Crippen LogP) is 2.24. The van der Waals surface area contributed by atoms with Gasteiger partial charge < -0.3 is 14.6 Å². The van der Waals surface area contributed by atoms with Gasteiger partial charge in [-0.25, -0.2) is 0 Å². The van der Waals surface area contributed by atoms with Crippen LogP contribution in [0.1, 0.15) is 29.8 Å². The second-order valence-electron chi connectivity index (χ2n) is 4.35. The first kappa shape index (κ1) is 13.5. The van der Waals surface area contributed by atoms with E-state index in [9.17, 15) is 0 Å². The number of aryl methyl sites for hydroxylation is 2. The molecule has 19 heavy (non-hydrogen) atoms. The Bertz CT molecular complexity index is 537. The lowest BCUT2D eigenvalue weighted by Gasteiger charge is -2.08. The molecule has 0 saturated carbocycles. The number of rotatable bonds is 6. The van der Waals surface area contributed by atoms with E-state index in [0.29, 0.717) is 18.9 Å². The van der Waals surface area contributed by atoms with E-state index < -0.39 is 0 Å². The first-order valence-electron chi connectivity index (χ1n) is 6.41. The lowest BCUT2D eigenvalue weighted by molar-refractivity contribution is 0.245. The third-order valence-corrected chi connectivity index (χ3v) is 2.74. The molecule has 0 saturated heterocycles. The molecule has 0 unspecified atom stereocenters. The number of aromatic nitrogens is 2. The van der Waals surface area contributed by atoms with Crippen molar-refractivity contribution in [1.29, 1.82) is 0 Å². The van der Waals surface area contributed by atoms with Crippen molar-refractivity contribution >= 4 is 0 Å². The fourth-order valence-electron chi connectivity index (χ4n) is 1.82. The summed E-state index contributed by atoms with van der Waals surface area (Å²) in [5, 5.41) is 6.96. The normalized spacial score (nSPS) is 10.7. The zero-order valence-corrected chi connectivity index (χ0v) is 11.6. The van der Waals surface area contributed by atoms with Crippen molar-refractivity contribution in [3.63, 3.8) is 0 Å². The van der Waals surface area contributed by atoms with Gasteiger partial charge in [0.15, 0.2) is 5.76 Å². The van der Waals surface area contributed by atoms with Crippen LogP contribution in [0.3, 0.4) is 0 Å². The summed E-state index contributed by atoms with van der Waals surface area (Å²) in [5.74, 6) is 1.52. The molecule has 5 nitrogen and oxygen atoms in total. The Balaban J connectivity index is 2.01. The monoisotopic (exact) mass is 261 g/mol. The largest absolute Gasteiger partial charge is 0.484 e. The number of nitrogens with one attached hydrogen (secondary N) is 1. The molecular weight excluding hydrogens is 242 g/mol. The van der Waals surface area contributed by atoms with Crippen molar-refractivity contribution in [2.45, 2.75) is 33.4 Å². The molecule has 1 N–H and O–H groups in total. The van der Waals surface area contributed by atoms with Crippen LogP contribution in [0.4, 0.5) is 0 Å². The van der Waals surface area contributed by atoms with Gasteiger partial charge in [-0.2, -0.15) is 0 Å². The van der Waals surface area contributed by atoms with Crippen LogP contribution in [0.15, 0.2) is 22.7 Å². The third kappa shape index (κ3) is 3.54. The van der Waals surface area contributed by atoms with Crippen LogP contribution in [0.5, 0.6) is 5.75 Å². The second kappa shape index (κ2) is 6.33. The summed E-state index contributed by atoms with van der Waals surface area (Å²) in [7, 11) is 1.87. The van der Waals surface area contributed by atoms with E-state index in [1.807, 2.05) is 32.2 Å². The van der Waals surface area contributed by atoms with Gasteiger partial charge in [-0.3, -0.25) is 4.98 Å². The summed E-state index contributed by atoms with van der Waals surface area (Å²) in [6, 6.07) is 5.79. The first-order chi connectivity index (χ1) is 9.22. The van der Waals surface area contributed by atoms with Crippen molar-refractivity contribution in [3.05, 3.63) is 41.0 Å². The minimum absolute atomic E-state index is 0.369. The maximum Gasteiger partial charge on any atom is 0.174 e. The molecule has 0 aliphatic rings. The van der Waals surface area contributed by atoms with Gasteiger partial charge in [-0.15, -0.1) is 0 Å². The summed E-state index contributed by atoms with van der Waals surface area (Å²) in [6.45, 7) is 5.10. The maximum absolute atomic E-state index is 5.74. The maximum atomic E-state index is 5.74. The lowest BCUT2D eigenvalue weighted by Crippen LogP contribution is -2.04. The molecular formula is C14H19N3O2. The van der Waals surface area contributed by atoms with Gasteiger partial charge >= 0.3 is 0 Å². The van der Waals surface area contributed by atoms with Crippen LogP contribution >= 0.6 is 0 Å². The van der Waals surface area contributed by atoms with Crippen molar-refractivity contribution in [2.24, 2.45) is 0 Å². The SMILES string of the molecule is CCc1nc(C)ccc1OCc1cc(CNC)no1. The molecule has 0 amide bonds. The Morgan fingerprint density at radius 1 is 1.37 bits per heavy atom. The van der Waals surface area contributed by atoms with Crippen molar-refractivity contribution in [2.75, 3.05) is 7.05 Å². The van der Waals surface area contributed by atoms with E-state index in [0.717, 1.165) is 29.3 Å². The van der Waals surface area contributed by atoms with E-state index in [1.165, 1.54) is 0 Å². The molecule has 0 fully saturated rings. The first-order valence-corrected chi connectivity index (χ1v) is 6.41. The van der Waals surface area contributed by atoms with Gasteiger partial charge in [0, 0.05) is 18.3 Å². The standard InChI is InChI=1S/C14H19N3O2/c1-4-13-14(6-5-10(2)16-13)18-9-12-7-11(8-15-3)17-19-12/h5-7,15H,4,8-9H2,1-3H3. The molecule has 102 valence electrons. The molecule has 0 aliphatic heterocycles. The average molecular weight is 261 g/mol. The van der Waals surface area contributed by atoms with Gasteiger partial charge in [0.1, 0.15) is 12.4 Å². The number of hydrogen-bond donors (Lipinski definition) is 1. The third-order valence-electron chi connectivity index (χ3n) is 2.74. The van der Waals surface area contributed by atoms with Crippen molar-refractivity contribution < 1.29 is 9.26 Å². The van der Waals surface area contributed by atoms with Crippen molar-refractivity contribution in [1.82, 2.24) is 15.5 Å². The van der Waals surface area contributed by atoms with Gasteiger partial charge in [0.2, 0.25) is 0 Å². The van der Waals surface area contributed by atoms with Gasteiger partial charge in [0.25, 0.3) is 0 Å². The van der Waals surface area contributed by atoms with E-state index in [1.54, 1.807) is 0 Å². The second-order valence-corrected chi connectivity index (χ2v) is 4.35. The molecule has 0 aliphatic carbocycles. The molecule has 2 aromatic heterocycles. The van der Waals surface area contributed by atoms with E-state index in [4.69, 9.17) is 9.26 Å². The van der Waals surface area contributed by atoms with Crippen LogP contribution in [0.2, 0.25) is 0 Å². The minimum atomic E-state index is 0.369. The fourth-order valence-corrected chi connectivity index (χ4v) is 1.82. The molecule has 0 atom stereocenters. The highest BCUT2D eigenvalue weighted by atomic mass is 16.5. The van der Waals surface area contributed by atoms with Gasteiger partial charge in [0.05, 0.1) is 11.4 Å². The fraction of sp³-hybridized carbons (Fsp3) is 0.429. The summed E-state index contributed by atoms with van der Waals surface area (Å²) in [4.78, 5) is 4.46. The molecule has 5 heteroatoms. The zero-order chi connectivity index (χ0) is 13.7. The van der Waals surface area contributed by atoms with E-state index >= 15 is 0 Å². The minimum Gasteiger partial charge on any atom is -0.484 e. The molecule has 2 rings (SSSR count). The van der Waals surface area contributed by atoms with Crippen LogP contribution in [0.25, 0.3) is 0 Å². The molecule has 2 heterocycles. The molecule has 0 spiro atoms.